The molecule has 0 radical (unpaired) electrons. The molecule has 0 spiro atoms. The summed E-state index contributed by atoms with van der Waals surface area (Å²) < 4.78 is 15.7. The standard InChI is InChI=1S/C12H14N2O4S/c1-16-5-6-18-12(15)14-11-13-9-4-3-8(17-2)7-10(9)19-11/h3-4,7H,5-6H2,1-2H3,(H,13,14,15). The third-order valence-corrected chi connectivity index (χ3v) is 3.26. The summed E-state index contributed by atoms with van der Waals surface area (Å²) >= 11 is 1.36. The van der Waals surface area contributed by atoms with Crippen molar-refractivity contribution in [3.8, 4) is 5.75 Å². The lowest BCUT2D eigenvalue weighted by molar-refractivity contribution is 0.107. The summed E-state index contributed by atoms with van der Waals surface area (Å²) in [6, 6.07) is 5.53. The highest BCUT2D eigenvalue weighted by molar-refractivity contribution is 7.22. The molecule has 0 aliphatic heterocycles. The number of rotatable bonds is 5. The highest BCUT2D eigenvalue weighted by Gasteiger charge is 2.09. The zero-order chi connectivity index (χ0) is 13.7. The first-order valence-electron chi connectivity index (χ1n) is 5.60. The molecule has 0 atom stereocenters. The van der Waals surface area contributed by atoms with Gasteiger partial charge in [-0.15, -0.1) is 0 Å². The smallest absolute Gasteiger partial charge is 0.413 e. The Morgan fingerprint density at radius 2 is 2.21 bits per heavy atom. The molecular formula is C12H14N2O4S. The zero-order valence-electron chi connectivity index (χ0n) is 10.6. The Morgan fingerprint density at radius 3 is 2.95 bits per heavy atom. The largest absolute Gasteiger partial charge is 0.497 e. The lowest BCUT2D eigenvalue weighted by Crippen LogP contribution is -2.16. The molecule has 1 aromatic carbocycles. The molecule has 2 rings (SSSR count). The minimum atomic E-state index is -0.539. The number of fused-ring (bicyclic) bond motifs is 1. The van der Waals surface area contributed by atoms with E-state index >= 15 is 0 Å². The van der Waals surface area contributed by atoms with Gasteiger partial charge in [-0.1, -0.05) is 11.3 Å². The van der Waals surface area contributed by atoms with Gasteiger partial charge < -0.3 is 14.2 Å². The molecule has 19 heavy (non-hydrogen) atoms. The van der Waals surface area contributed by atoms with E-state index < -0.39 is 6.09 Å². The molecule has 0 saturated carbocycles. The Morgan fingerprint density at radius 1 is 1.37 bits per heavy atom. The molecule has 7 heteroatoms. The fourth-order valence-corrected chi connectivity index (χ4v) is 2.31. The van der Waals surface area contributed by atoms with Crippen LogP contribution in [0.25, 0.3) is 10.2 Å². The number of nitrogens with zero attached hydrogens (tertiary/aromatic N) is 1. The number of methoxy groups -OCH3 is 2. The maximum atomic E-state index is 11.4. The second kappa shape index (κ2) is 6.35. The minimum Gasteiger partial charge on any atom is -0.497 e. The lowest BCUT2D eigenvalue weighted by Gasteiger charge is -2.03. The summed E-state index contributed by atoms with van der Waals surface area (Å²) in [5.41, 5.74) is 0.804. The summed E-state index contributed by atoms with van der Waals surface area (Å²) in [5.74, 6) is 0.755. The molecule has 1 amide bonds. The summed E-state index contributed by atoms with van der Waals surface area (Å²) in [7, 11) is 3.15. The van der Waals surface area contributed by atoms with Gasteiger partial charge in [0.05, 0.1) is 23.9 Å². The van der Waals surface area contributed by atoms with Crippen molar-refractivity contribution in [2.45, 2.75) is 0 Å². The normalized spacial score (nSPS) is 10.4. The third-order valence-electron chi connectivity index (χ3n) is 2.33. The van der Waals surface area contributed by atoms with Crippen molar-refractivity contribution in [1.82, 2.24) is 4.98 Å². The van der Waals surface area contributed by atoms with Gasteiger partial charge in [0.25, 0.3) is 0 Å². The predicted octanol–water partition coefficient (Wildman–Crippen LogP) is 2.50. The fraction of sp³-hybridized carbons (Fsp3) is 0.333. The number of thiazole rings is 1. The molecule has 0 aliphatic rings. The van der Waals surface area contributed by atoms with E-state index in [1.165, 1.54) is 11.3 Å². The van der Waals surface area contributed by atoms with Gasteiger partial charge in [-0.25, -0.2) is 9.78 Å². The van der Waals surface area contributed by atoms with Crippen molar-refractivity contribution in [2.24, 2.45) is 0 Å². The van der Waals surface area contributed by atoms with Crippen molar-refractivity contribution in [1.29, 1.82) is 0 Å². The van der Waals surface area contributed by atoms with Gasteiger partial charge in [0.2, 0.25) is 0 Å². The molecule has 102 valence electrons. The monoisotopic (exact) mass is 282 g/mol. The van der Waals surface area contributed by atoms with Crippen molar-refractivity contribution in [3.05, 3.63) is 18.2 Å². The first-order chi connectivity index (χ1) is 9.22. The van der Waals surface area contributed by atoms with E-state index in [9.17, 15) is 4.79 Å². The van der Waals surface area contributed by atoms with Crippen molar-refractivity contribution < 1.29 is 19.0 Å². The Labute approximate surface area is 114 Å². The first kappa shape index (κ1) is 13.6. The number of ether oxygens (including phenoxy) is 3. The number of aromatic nitrogens is 1. The van der Waals surface area contributed by atoms with Gasteiger partial charge in [-0.05, 0) is 18.2 Å². The van der Waals surface area contributed by atoms with Gasteiger partial charge in [0.1, 0.15) is 12.4 Å². The molecule has 0 unspecified atom stereocenters. The fourth-order valence-electron chi connectivity index (χ4n) is 1.43. The quantitative estimate of drug-likeness (QED) is 0.853. The Hall–Kier alpha value is -1.86. The van der Waals surface area contributed by atoms with Crippen molar-refractivity contribution in [2.75, 3.05) is 32.8 Å². The van der Waals surface area contributed by atoms with Crippen LogP contribution in [0.15, 0.2) is 18.2 Å². The molecule has 6 nitrogen and oxygen atoms in total. The summed E-state index contributed by atoms with van der Waals surface area (Å²) in [6.07, 6.45) is -0.539. The number of carbonyl (C=O) groups excluding carboxylic acids is 1. The number of benzene rings is 1. The summed E-state index contributed by atoms with van der Waals surface area (Å²) in [6.45, 7) is 0.575. The molecule has 0 fully saturated rings. The van der Waals surface area contributed by atoms with Gasteiger partial charge >= 0.3 is 6.09 Å². The second-order valence-electron chi connectivity index (χ2n) is 3.61. The topological polar surface area (TPSA) is 69.7 Å². The zero-order valence-corrected chi connectivity index (χ0v) is 11.5. The highest BCUT2D eigenvalue weighted by atomic mass is 32.1. The van der Waals surface area contributed by atoms with Crippen LogP contribution in [-0.4, -0.2) is 38.5 Å². The molecule has 2 aromatic rings. The van der Waals surface area contributed by atoms with Gasteiger partial charge in [0.15, 0.2) is 5.13 Å². The molecular weight excluding hydrogens is 268 g/mol. The molecule has 1 heterocycles. The molecule has 1 aromatic heterocycles. The molecule has 0 saturated heterocycles. The Bertz CT molecular complexity index is 570. The maximum Gasteiger partial charge on any atom is 0.413 e. The van der Waals surface area contributed by atoms with Crippen molar-refractivity contribution >= 4 is 32.8 Å². The number of anilines is 1. The third kappa shape index (κ3) is 3.55. The summed E-state index contributed by atoms with van der Waals surface area (Å²) in [5, 5.41) is 3.07. The lowest BCUT2D eigenvalue weighted by atomic mass is 10.3. The molecule has 0 bridgehead atoms. The molecule has 1 N–H and O–H groups in total. The van der Waals surface area contributed by atoms with Crippen LogP contribution in [0.1, 0.15) is 0 Å². The van der Waals surface area contributed by atoms with E-state index in [2.05, 4.69) is 10.3 Å². The van der Waals surface area contributed by atoms with Crippen LogP contribution in [0.2, 0.25) is 0 Å². The number of hydrogen-bond acceptors (Lipinski definition) is 6. The van der Waals surface area contributed by atoms with Gasteiger partial charge in [-0.2, -0.15) is 0 Å². The van der Waals surface area contributed by atoms with E-state index in [-0.39, 0.29) is 6.61 Å². The van der Waals surface area contributed by atoms with Gasteiger partial charge in [-0.3, -0.25) is 5.32 Å². The minimum absolute atomic E-state index is 0.209. The predicted molar refractivity (Wildman–Crippen MR) is 73.0 cm³/mol. The number of nitrogens with one attached hydrogen (secondary N) is 1. The van der Waals surface area contributed by atoms with Crippen LogP contribution < -0.4 is 10.1 Å². The Kier molecular flexibility index (Phi) is 4.53. The maximum absolute atomic E-state index is 11.4. The van der Waals surface area contributed by atoms with E-state index in [0.717, 1.165) is 16.0 Å². The second-order valence-corrected chi connectivity index (χ2v) is 4.64. The number of carbonyl (C=O) groups is 1. The van der Waals surface area contributed by atoms with Crippen LogP contribution in [-0.2, 0) is 9.47 Å². The van der Waals surface area contributed by atoms with E-state index in [1.54, 1.807) is 14.2 Å². The van der Waals surface area contributed by atoms with Crippen LogP contribution in [0.4, 0.5) is 9.93 Å². The number of amides is 1. The van der Waals surface area contributed by atoms with E-state index in [4.69, 9.17) is 14.2 Å². The van der Waals surface area contributed by atoms with E-state index in [0.29, 0.717) is 11.7 Å². The average molecular weight is 282 g/mol. The first-order valence-corrected chi connectivity index (χ1v) is 6.42. The Balaban J connectivity index is 2.02. The highest BCUT2D eigenvalue weighted by Crippen LogP contribution is 2.29. The van der Waals surface area contributed by atoms with Crippen LogP contribution in [0, 0.1) is 0 Å². The van der Waals surface area contributed by atoms with Crippen LogP contribution >= 0.6 is 11.3 Å². The average Bonchev–Trinajstić information content (AvgIpc) is 2.79. The van der Waals surface area contributed by atoms with Crippen LogP contribution in [0.5, 0.6) is 5.75 Å². The number of hydrogen-bond donors (Lipinski definition) is 1. The van der Waals surface area contributed by atoms with Crippen LogP contribution in [0.3, 0.4) is 0 Å². The van der Waals surface area contributed by atoms with Gasteiger partial charge in [0, 0.05) is 7.11 Å². The van der Waals surface area contributed by atoms with E-state index in [1.807, 2.05) is 18.2 Å². The molecule has 0 aliphatic carbocycles. The van der Waals surface area contributed by atoms with Crippen molar-refractivity contribution in [3.63, 3.8) is 0 Å². The SMILES string of the molecule is COCCOC(=O)Nc1nc2ccc(OC)cc2s1. The summed E-state index contributed by atoms with van der Waals surface area (Å²) in [4.78, 5) is 15.7.